The molecule has 0 heterocycles. The van der Waals surface area contributed by atoms with Crippen molar-refractivity contribution in [2.24, 2.45) is 5.73 Å². The fraction of sp³-hybridized carbons (Fsp3) is 0.400. The molecule has 2 rings (SSSR count). The lowest BCUT2D eigenvalue weighted by Gasteiger charge is -2.21. The normalized spacial score (nSPS) is 33.4. The predicted octanol–water partition coefficient (Wildman–Crippen LogP) is 0.993. The highest BCUT2D eigenvalue weighted by molar-refractivity contribution is 5.38. The summed E-state index contributed by atoms with van der Waals surface area (Å²) in [5, 5.41) is 9.86. The van der Waals surface area contributed by atoms with Crippen molar-refractivity contribution < 1.29 is 5.11 Å². The average molecular weight is 163 g/mol. The van der Waals surface area contributed by atoms with E-state index >= 15 is 0 Å². The first-order chi connectivity index (χ1) is 5.61. The lowest BCUT2D eigenvalue weighted by atomic mass is 9.99. The van der Waals surface area contributed by atoms with E-state index in [4.69, 9.17) is 5.73 Å². The van der Waals surface area contributed by atoms with Gasteiger partial charge in [-0.2, -0.15) is 0 Å². The molecule has 0 radical (unpaired) electrons. The summed E-state index contributed by atoms with van der Waals surface area (Å²) in [4.78, 5) is 0. The molecule has 2 nitrogen and oxygen atoms in total. The van der Waals surface area contributed by atoms with Crippen molar-refractivity contribution in [3.05, 3.63) is 35.4 Å². The second kappa shape index (κ2) is 2.31. The molecule has 1 aromatic rings. The van der Waals surface area contributed by atoms with E-state index in [1.165, 1.54) is 5.56 Å². The van der Waals surface area contributed by atoms with E-state index in [0.29, 0.717) is 6.42 Å². The van der Waals surface area contributed by atoms with Gasteiger partial charge < -0.3 is 10.8 Å². The van der Waals surface area contributed by atoms with Crippen LogP contribution in [0.5, 0.6) is 0 Å². The monoisotopic (exact) mass is 163 g/mol. The molecule has 3 N–H and O–H groups in total. The first-order valence-electron chi connectivity index (χ1n) is 4.17. The Morgan fingerprint density at radius 3 is 2.83 bits per heavy atom. The van der Waals surface area contributed by atoms with Crippen LogP contribution < -0.4 is 5.73 Å². The second-order valence-electron chi connectivity index (χ2n) is 3.71. The number of hydrogen-bond acceptors (Lipinski definition) is 2. The van der Waals surface area contributed by atoms with E-state index in [2.05, 4.69) is 0 Å². The van der Waals surface area contributed by atoms with Gasteiger partial charge in [0.05, 0.1) is 11.6 Å². The molecule has 0 spiro atoms. The molecule has 1 aliphatic rings. The summed E-state index contributed by atoms with van der Waals surface area (Å²) >= 11 is 0. The Balaban J connectivity index is 2.49. The minimum absolute atomic E-state index is 0.228. The molecule has 0 fully saturated rings. The number of fused-ring (bicyclic) bond motifs is 1. The van der Waals surface area contributed by atoms with Crippen molar-refractivity contribution in [3.8, 4) is 0 Å². The molecule has 0 aromatic heterocycles. The molecule has 12 heavy (non-hydrogen) atoms. The molecular formula is C10H13NO. The van der Waals surface area contributed by atoms with Crippen molar-refractivity contribution in [2.45, 2.75) is 25.0 Å². The van der Waals surface area contributed by atoms with Crippen LogP contribution in [0.2, 0.25) is 0 Å². The topological polar surface area (TPSA) is 46.2 Å². The number of nitrogens with two attached hydrogens (primary N) is 1. The van der Waals surface area contributed by atoms with Crippen molar-refractivity contribution in [1.82, 2.24) is 0 Å². The summed E-state index contributed by atoms with van der Waals surface area (Å²) in [5.74, 6) is 0. The van der Waals surface area contributed by atoms with Gasteiger partial charge in [0.15, 0.2) is 0 Å². The van der Waals surface area contributed by atoms with Crippen LogP contribution in [-0.2, 0) is 6.42 Å². The fourth-order valence-electron chi connectivity index (χ4n) is 1.83. The highest BCUT2D eigenvalue weighted by atomic mass is 16.3. The molecule has 0 amide bonds. The zero-order chi connectivity index (χ0) is 8.77. The number of benzene rings is 1. The van der Waals surface area contributed by atoms with Crippen LogP contribution in [0.4, 0.5) is 0 Å². The van der Waals surface area contributed by atoms with Gasteiger partial charge in [-0.05, 0) is 18.1 Å². The van der Waals surface area contributed by atoms with E-state index in [1.54, 1.807) is 6.92 Å². The van der Waals surface area contributed by atoms with Gasteiger partial charge in [-0.15, -0.1) is 0 Å². The Morgan fingerprint density at radius 2 is 2.17 bits per heavy atom. The lowest BCUT2D eigenvalue weighted by Crippen LogP contribution is -2.34. The molecule has 64 valence electrons. The number of hydrogen-bond donors (Lipinski definition) is 2. The van der Waals surface area contributed by atoms with Crippen LogP contribution in [-0.4, -0.2) is 10.7 Å². The van der Waals surface area contributed by atoms with Gasteiger partial charge in [0.25, 0.3) is 0 Å². The molecule has 2 atom stereocenters. The molecule has 0 aliphatic heterocycles. The van der Waals surface area contributed by atoms with E-state index in [1.807, 2.05) is 24.3 Å². The van der Waals surface area contributed by atoms with Crippen LogP contribution in [0.3, 0.4) is 0 Å². The smallest absolute Gasteiger partial charge is 0.0851 e. The Morgan fingerprint density at radius 1 is 1.50 bits per heavy atom. The first-order valence-corrected chi connectivity index (χ1v) is 4.17. The quantitative estimate of drug-likeness (QED) is 0.599. The van der Waals surface area contributed by atoms with Gasteiger partial charge in [0.1, 0.15) is 0 Å². The van der Waals surface area contributed by atoms with Crippen molar-refractivity contribution in [3.63, 3.8) is 0 Å². The zero-order valence-electron chi connectivity index (χ0n) is 7.12. The molecule has 1 aromatic carbocycles. The highest BCUT2D eigenvalue weighted by Gasteiger charge is 2.37. The summed E-state index contributed by atoms with van der Waals surface area (Å²) in [6.07, 6.45) is 0.671. The average Bonchev–Trinajstić information content (AvgIpc) is 2.24. The summed E-state index contributed by atoms with van der Waals surface area (Å²) in [6, 6.07) is 7.72. The fourth-order valence-corrected chi connectivity index (χ4v) is 1.83. The van der Waals surface area contributed by atoms with Gasteiger partial charge in [-0.25, -0.2) is 0 Å². The Labute approximate surface area is 72.0 Å². The third kappa shape index (κ3) is 0.958. The zero-order valence-corrected chi connectivity index (χ0v) is 7.12. The van der Waals surface area contributed by atoms with Gasteiger partial charge in [-0.3, -0.25) is 0 Å². The summed E-state index contributed by atoms with van der Waals surface area (Å²) in [7, 11) is 0. The van der Waals surface area contributed by atoms with E-state index in [0.717, 1.165) is 5.56 Å². The number of aliphatic hydroxyl groups is 1. The maximum Gasteiger partial charge on any atom is 0.0851 e. The van der Waals surface area contributed by atoms with Crippen molar-refractivity contribution in [2.75, 3.05) is 0 Å². The minimum atomic E-state index is -0.760. The van der Waals surface area contributed by atoms with Crippen LogP contribution >= 0.6 is 0 Å². The summed E-state index contributed by atoms with van der Waals surface area (Å²) in [5.41, 5.74) is 7.38. The summed E-state index contributed by atoms with van der Waals surface area (Å²) < 4.78 is 0. The van der Waals surface area contributed by atoms with Crippen LogP contribution in [0.25, 0.3) is 0 Å². The van der Waals surface area contributed by atoms with Crippen molar-refractivity contribution in [1.29, 1.82) is 0 Å². The van der Waals surface area contributed by atoms with E-state index in [-0.39, 0.29) is 6.04 Å². The predicted molar refractivity (Wildman–Crippen MR) is 47.7 cm³/mol. The molecule has 2 heteroatoms. The molecule has 0 bridgehead atoms. The standard InChI is InChI=1S/C10H13NO/c1-10(12)6-7-4-2-3-5-8(7)9(10)11/h2-5,9,12H,6,11H2,1H3. The Kier molecular flexibility index (Phi) is 1.50. The lowest BCUT2D eigenvalue weighted by molar-refractivity contribution is 0.0450. The third-order valence-electron chi connectivity index (χ3n) is 2.61. The highest BCUT2D eigenvalue weighted by Crippen LogP contribution is 2.36. The molecule has 0 saturated carbocycles. The van der Waals surface area contributed by atoms with E-state index < -0.39 is 5.60 Å². The Hall–Kier alpha value is -0.860. The van der Waals surface area contributed by atoms with Gasteiger partial charge in [0, 0.05) is 6.42 Å². The molecule has 1 aliphatic carbocycles. The van der Waals surface area contributed by atoms with Crippen LogP contribution in [0, 0.1) is 0 Å². The minimum Gasteiger partial charge on any atom is -0.388 e. The maximum atomic E-state index is 9.86. The van der Waals surface area contributed by atoms with Crippen molar-refractivity contribution >= 4 is 0 Å². The van der Waals surface area contributed by atoms with Crippen LogP contribution in [0.15, 0.2) is 24.3 Å². The van der Waals surface area contributed by atoms with Gasteiger partial charge in [0.2, 0.25) is 0 Å². The molecule has 2 unspecified atom stereocenters. The summed E-state index contributed by atoms with van der Waals surface area (Å²) in [6.45, 7) is 1.79. The second-order valence-corrected chi connectivity index (χ2v) is 3.71. The van der Waals surface area contributed by atoms with Gasteiger partial charge in [-0.1, -0.05) is 24.3 Å². The Bertz CT molecular complexity index is 306. The largest absolute Gasteiger partial charge is 0.388 e. The molecular weight excluding hydrogens is 150 g/mol. The first kappa shape index (κ1) is 7.77. The van der Waals surface area contributed by atoms with Crippen LogP contribution in [0.1, 0.15) is 24.1 Å². The third-order valence-corrected chi connectivity index (χ3v) is 2.61. The number of rotatable bonds is 0. The SMILES string of the molecule is CC1(O)Cc2ccccc2C1N. The van der Waals surface area contributed by atoms with Gasteiger partial charge >= 0.3 is 0 Å². The van der Waals surface area contributed by atoms with E-state index in [9.17, 15) is 5.11 Å². The molecule has 0 saturated heterocycles. The maximum absolute atomic E-state index is 9.86.